The first-order valence-electron chi connectivity index (χ1n) is 7.87. The quantitative estimate of drug-likeness (QED) is 0.493. The second-order valence-electron chi connectivity index (χ2n) is 5.52. The topological polar surface area (TPSA) is 68.3 Å². The molecule has 2 aromatic heterocycles. The molecule has 0 bridgehead atoms. The molecule has 1 N–H and O–H groups in total. The van der Waals surface area contributed by atoms with Gasteiger partial charge in [-0.15, -0.1) is 0 Å². The maximum atomic E-state index is 12.0. The van der Waals surface area contributed by atoms with Crippen LogP contribution in [0.1, 0.15) is 5.76 Å². The van der Waals surface area contributed by atoms with E-state index in [0.29, 0.717) is 33.5 Å². The van der Waals surface area contributed by atoms with Gasteiger partial charge in [-0.05, 0) is 48.5 Å². The van der Waals surface area contributed by atoms with Gasteiger partial charge in [-0.25, -0.2) is 4.98 Å². The minimum absolute atomic E-state index is 0.268. The molecule has 128 valence electrons. The van der Waals surface area contributed by atoms with Gasteiger partial charge in [-0.1, -0.05) is 23.7 Å². The number of hydrogen-bond acceptors (Lipinski definition) is 4. The SMILES string of the molecule is O=C(/C=C/c1ccco1)Nc1ccc2oc(-c3ccccc3Cl)nc2c1. The molecule has 0 fully saturated rings. The number of rotatable bonds is 4. The Morgan fingerprint density at radius 2 is 2.00 bits per heavy atom. The number of carbonyl (C=O) groups excluding carboxylic acids is 1. The molecule has 0 aliphatic rings. The number of nitrogens with one attached hydrogen (secondary N) is 1. The minimum atomic E-state index is -0.268. The fraction of sp³-hybridized carbons (Fsp3) is 0. The first-order chi connectivity index (χ1) is 12.7. The van der Waals surface area contributed by atoms with E-state index in [1.807, 2.05) is 18.2 Å². The van der Waals surface area contributed by atoms with E-state index in [1.54, 1.807) is 48.7 Å². The van der Waals surface area contributed by atoms with E-state index in [-0.39, 0.29) is 5.91 Å². The molecule has 0 radical (unpaired) electrons. The third kappa shape index (κ3) is 3.38. The van der Waals surface area contributed by atoms with Crippen molar-refractivity contribution in [1.29, 1.82) is 0 Å². The number of halogens is 1. The van der Waals surface area contributed by atoms with Crippen molar-refractivity contribution in [3.05, 3.63) is 77.7 Å². The van der Waals surface area contributed by atoms with Gasteiger partial charge >= 0.3 is 0 Å². The highest BCUT2D eigenvalue weighted by Crippen LogP contribution is 2.30. The molecular weight excluding hydrogens is 352 g/mol. The van der Waals surface area contributed by atoms with E-state index < -0.39 is 0 Å². The van der Waals surface area contributed by atoms with Gasteiger partial charge in [0.25, 0.3) is 0 Å². The zero-order valence-electron chi connectivity index (χ0n) is 13.5. The summed E-state index contributed by atoms with van der Waals surface area (Å²) in [6, 6.07) is 16.1. The number of aromatic nitrogens is 1. The molecule has 0 aliphatic heterocycles. The van der Waals surface area contributed by atoms with Crippen LogP contribution in [0.15, 0.2) is 75.8 Å². The van der Waals surface area contributed by atoms with Gasteiger partial charge in [0.2, 0.25) is 11.8 Å². The van der Waals surface area contributed by atoms with Crippen LogP contribution in [0.4, 0.5) is 5.69 Å². The molecule has 0 saturated heterocycles. The highest BCUT2D eigenvalue weighted by Gasteiger charge is 2.11. The lowest BCUT2D eigenvalue weighted by atomic mass is 10.2. The van der Waals surface area contributed by atoms with Gasteiger partial charge in [0.15, 0.2) is 5.58 Å². The Kier molecular flexibility index (Phi) is 4.29. The van der Waals surface area contributed by atoms with Crippen LogP contribution in [-0.4, -0.2) is 10.9 Å². The lowest BCUT2D eigenvalue weighted by Gasteiger charge is -2.00. The average molecular weight is 365 g/mol. The van der Waals surface area contributed by atoms with Gasteiger partial charge in [-0.2, -0.15) is 0 Å². The van der Waals surface area contributed by atoms with Crippen LogP contribution in [0.25, 0.3) is 28.6 Å². The number of amides is 1. The molecule has 5 nitrogen and oxygen atoms in total. The van der Waals surface area contributed by atoms with Crippen LogP contribution in [0.3, 0.4) is 0 Å². The monoisotopic (exact) mass is 364 g/mol. The maximum absolute atomic E-state index is 12.0. The number of furan rings is 1. The summed E-state index contributed by atoms with van der Waals surface area (Å²) in [6.45, 7) is 0. The third-order valence-electron chi connectivity index (χ3n) is 3.70. The number of hydrogen-bond donors (Lipinski definition) is 1. The number of anilines is 1. The number of benzene rings is 2. The third-order valence-corrected chi connectivity index (χ3v) is 4.03. The van der Waals surface area contributed by atoms with E-state index in [2.05, 4.69) is 10.3 Å². The number of fused-ring (bicyclic) bond motifs is 1. The minimum Gasteiger partial charge on any atom is -0.465 e. The Morgan fingerprint density at radius 3 is 2.81 bits per heavy atom. The van der Waals surface area contributed by atoms with Gasteiger partial charge in [0, 0.05) is 11.8 Å². The van der Waals surface area contributed by atoms with E-state index >= 15 is 0 Å². The molecule has 4 rings (SSSR count). The molecule has 0 unspecified atom stereocenters. The van der Waals surface area contributed by atoms with Crippen molar-refractivity contribution in [2.75, 3.05) is 5.32 Å². The lowest BCUT2D eigenvalue weighted by Crippen LogP contribution is -2.07. The van der Waals surface area contributed by atoms with Gasteiger partial charge in [0.1, 0.15) is 11.3 Å². The van der Waals surface area contributed by atoms with Gasteiger partial charge < -0.3 is 14.2 Å². The molecule has 1 amide bonds. The standard InChI is InChI=1S/C20H13ClN2O3/c21-16-6-2-1-5-15(16)20-23-17-12-13(7-9-18(17)26-20)22-19(24)10-8-14-4-3-11-25-14/h1-12H,(H,22,24)/b10-8+. The van der Waals surface area contributed by atoms with Crippen LogP contribution >= 0.6 is 11.6 Å². The first-order valence-corrected chi connectivity index (χ1v) is 8.25. The van der Waals surface area contributed by atoms with Crippen molar-refractivity contribution >= 4 is 40.4 Å². The van der Waals surface area contributed by atoms with Crippen molar-refractivity contribution in [1.82, 2.24) is 4.98 Å². The van der Waals surface area contributed by atoms with Gasteiger partial charge in [0.05, 0.1) is 16.8 Å². The summed E-state index contributed by atoms with van der Waals surface area (Å²) < 4.78 is 10.9. The van der Waals surface area contributed by atoms with Crippen LogP contribution < -0.4 is 5.32 Å². The predicted molar refractivity (Wildman–Crippen MR) is 101 cm³/mol. The molecule has 26 heavy (non-hydrogen) atoms. The summed E-state index contributed by atoms with van der Waals surface area (Å²) in [5, 5.41) is 3.35. The molecule has 0 atom stereocenters. The van der Waals surface area contributed by atoms with E-state index in [9.17, 15) is 4.79 Å². The van der Waals surface area contributed by atoms with Crippen LogP contribution in [0, 0.1) is 0 Å². The van der Waals surface area contributed by atoms with Crippen LogP contribution in [0.2, 0.25) is 5.02 Å². The molecule has 0 aliphatic carbocycles. The fourth-order valence-electron chi connectivity index (χ4n) is 2.48. The normalized spacial score (nSPS) is 11.3. The Hall–Kier alpha value is -3.31. The summed E-state index contributed by atoms with van der Waals surface area (Å²) in [4.78, 5) is 16.5. The summed E-state index contributed by atoms with van der Waals surface area (Å²) >= 11 is 6.19. The maximum Gasteiger partial charge on any atom is 0.248 e. The fourth-order valence-corrected chi connectivity index (χ4v) is 2.70. The Bertz CT molecular complexity index is 1100. The molecule has 0 saturated carbocycles. The number of nitrogens with zero attached hydrogens (tertiary/aromatic N) is 1. The second kappa shape index (κ2) is 6.90. The number of oxazole rings is 1. The Labute approximate surface area is 153 Å². The van der Waals surface area contributed by atoms with E-state index in [4.69, 9.17) is 20.4 Å². The summed E-state index contributed by atoms with van der Waals surface area (Å²) in [5.74, 6) is 0.777. The smallest absolute Gasteiger partial charge is 0.248 e. The lowest BCUT2D eigenvalue weighted by molar-refractivity contribution is -0.111. The highest BCUT2D eigenvalue weighted by atomic mass is 35.5. The first kappa shape index (κ1) is 16.2. The zero-order valence-corrected chi connectivity index (χ0v) is 14.2. The van der Waals surface area contributed by atoms with E-state index in [0.717, 1.165) is 5.56 Å². The van der Waals surface area contributed by atoms with Crippen LogP contribution in [-0.2, 0) is 4.79 Å². The highest BCUT2D eigenvalue weighted by molar-refractivity contribution is 6.33. The molecular formula is C20H13ClN2O3. The summed E-state index contributed by atoms with van der Waals surface area (Å²) in [5.41, 5.74) is 2.58. The molecule has 2 aromatic carbocycles. The van der Waals surface area contributed by atoms with Crippen molar-refractivity contribution in [2.45, 2.75) is 0 Å². The molecule has 2 heterocycles. The van der Waals surface area contributed by atoms with Gasteiger partial charge in [-0.3, -0.25) is 4.79 Å². The van der Waals surface area contributed by atoms with Crippen molar-refractivity contribution in [2.24, 2.45) is 0 Å². The zero-order chi connectivity index (χ0) is 17.9. The predicted octanol–water partition coefficient (Wildman–Crippen LogP) is 5.39. The number of carbonyl (C=O) groups is 1. The largest absolute Gasteiger partial charge is 0.465 e. The Morgan fingerprint density at radius 1 is 1.12 bits per heavy atom. The van der Waals surface area contributed by atoms with Crippen LogP contribution in [0.5, 0.6) is 0 Å². The summed E-state index contributed by atoms with van der Waals surface area (Å²) in [7, 11) is 0. The van der Waals surface area contributed by atoms with Crippen molar-refractivity contribution in [3.63, 3.8) is 0 Å². The Balaban J connectivity index is 1.56. The van der Waals surface area contributed by atoms with Crippen molar-refractivity contribution < 1.29 is 13.6 Å². The molecule has 0 spiro atoms. The average Bonchev–Trinajstić information content (AvgIpc) is 3.29. The van der Waals surface area contributed by atoms with E-state index in [1.165, 1.54) is 6.08 Å². The second-order valence-corrected chi connectivity index (χ2v) is 5.93. The molecule has 4 aromatic rings. The molecule has 6 heteroatoms. The van der Waals surface area contributed by atoms with Crippen molar-refractivity contribution in [3.8, 4) is 11.5 Å². The summed E-state index contributed by atoms with van der Waals surface area (Å²) in [6.07, 6.45) is 4.55.